The molecule has 0 aromatic heterocycles. The summed E-state index contributed by atoms with van der Waals surface area (Å²) in [6.45, 7) is 2.74. The average Bonchev–Trinajstić information content (AvgIpc) is 1.86. The molecule has 0 spiro atoms. The van der Waals surface area contributed by atoms with E-state index in [1.807, 2.05) is 6.92 Å². The van der Waals surface area contributed by atoms with Crippen molar-refractivity contribution in [2.45, 2.75) is 13.0 Å². The molecule has 1 aliphatic heterocycles. The maximum absolute atomic E-state index is 4.90. The monoisotopic (exact) mass is 105 g/mol. The lowest BCUT2D eigenvalue weighted by Gasteiger charge is -1.89. The highest BCUT2D eigenvalue weighted by Crippen LogP contribution is 2.24. The quantitative estimate of drug-likeness (QED) is 0.431. The van der Waals surface area contributed by atoms with Crippen LogP contribution < -0.4 is 0 Å². The fraction of sp³-hybridized carbons (Fsp3) is 1.00. The molecule has 0 amide bonds. The summed E-state index contributed by atoms with van der Waals surface area (Å²) < 4.78 is 9.71. The van der Waals surface area contributed by atoms with E-state index in [-0.39, 0.29) is 0 Å². The van der Waals surface area contributed by atoms with Gasteiger partial charge in [0.25, 0.3) is 9.03 Å². The molecule has 1 radical (unpaired) electrons. The highest BCUT2D eigenvalue weighted by Gasteiger charge is 2.10. The van der Waals surface area contributed by atoms with Crippen LogP contribution in [0.5, 0.6) is 0 Å². The van der Waals surface area contributed by atoms with Crippen molar-refractivity contribution in [1.82, 2.24) is 0 Å². The smallest absolute Gasteiger partial charge is 0.256 e. The van der Waals surface area contributed by atoms with Crippen LogP contribution in [-0.4, -0.2) is 12.7 Å². The van der Waals surface area contributed by atoms with E-state index >= 15 is 0 Å². The van der Waals surface area contributed by atoms with E-state index in [9.17, 15) is 0 Å². The minimum Gasteiger partial charge on any atom is -0.325 e. The van der Waals surface area contributed by atoms with Crippen LogP contribution in [-0.2, 0) is 9.05 Å². The summed E-state index contributed by atoms with van der Waals surface area (Å²) in [5.41, 5.74) is 0. The molecule has 0 bridgehead atoms. The molecular formula is C3H6O2P. The standard InChI is InChI=1S/C3H6O2P/c1-3-2-4-6-5-3/h3H,2H2,1H3. The lowest BCUT2D eigenvalue weighted by molar-refractivity contribution is 0.263. The van der Waals surface area contributed by atoms with Gasteiger partial charge in [-0.3, -0.25) is 0 Å². The van der Waals surface area contributed by atoms with E-state index in [1.54, 1.807) is 0 Å². The molecule has 1 rings (SSSR count). The van der Waals surface area contributed by atoms with Crippen LogP contribution in [0, 0.1) is 0 Å². The molecule has 0 aliphatic carbocycles. The maximum atomic E-state index is 4.90. The average molecular weight is 105 g/mol. The molecule has 0 saturated carbocycles. The normalized spacial score (nSPS) is 38.5. The van der Waals surface area contributed by atoms with Crippen LogP contribution in [0.25, 0.3) is 0 Å². The Bertz CT molecular complexity index is 42.1. The molecule has 2 nitrogen and oxygen atoms in total. The van der Waals surface area contributed by atoms with Crippen molar-refractivity contribution in [3.8, 4) is 0 Å². The number of hydrogen-bond donors (Lipinski definition) is 0. The summed E-state index contributed by atoms with van der Waals surface area (Å²) in [6.07, 6.45) is 0.312. The van der Waals surface area contributed by atoms with E-state index in [1.165, 1.54) is 0 Å². The molecule has 1 aliphatic rings. The molecular weight excluding hydrogens is 99.0 g/mol. The van der Waals surface area contributed by atoms with E-state index in [2.05, 4.69) is 0 Å². The second-order valence-corrected chi connectivity index (χ2v) is 1.90. The lowest BCUT2D eigenvalue weighted by atomic mass is 10.5. The zero-order valence-electron chi connectivity index (χ0n) is 3.55. The summed E-state index contributed by atoms with van der Waals surface area (Å²) >= 11 is 0. The first-order valence-electron chi connectivity index (χ1n) is 1.88. The zero-order chi connectivity index (χ0) is 4.41. The van der Waals surface area contributed by atoms with E-state index in [4.69, 9.17) is 9.05 Å². The van der Waals surface area contributed by atoms with Crippen LogP contribution in [0.3, 0.4) is 0 Å². The second-order valence-electron chi connectivity index (χ2n) is 1.29. The summed E-state index contributed by atoms with van der Waals surface area (Å²) in [5, 5.41) is 0. The van der Waals surface area contributed by atoms with Gasteiger partial charge in [0.05, 0.1) is 12.7 Å². The molecule has 1 fully saturated rings. The zero-order valence-corrected chi connectivity index (χ0v) is 4.44. The third-order valence-electron chi connectivity index (χ3n) is 0.585. The van der Waals surface area contributed by atoms with E-state index < -0.39 is 0 Å². The summed E-state index contributed by atoms with van der Waals surface area (Å²) in [4.78, 5) is 0. The van der Waals surface area contributed by atoms with Gasteiger partial charge in [-0.1, -0.05) is 0 Å². The Kier molecular flexibility index (Phi) is 1.41. The highest BCUT2D eigenvalue weighted by molar-refractivity contribution is 7.26. The summed E-state index contributed by atoms with van der Waals surface area (Å²) in [7, 11) is 0.686. The number of rotatable bonds is 0. The van der Waals surface area contributed by atoms with Gasteiger partial charge in [-0.05, 0) is 6.92 Å². The Morgan fingerprint density at radius 3 is 2.83 bits per heavy atom. The van der Waals surface area contributed by atoms with Gasteiger partial charge in [0, 0.05) is 0 Å². The Labute approximate surface area is 38.8 Å². The topological polar surface area (TPSA) is 18.5 Å². The highest BCUT2D eigenvalue weighted by atomic mass is 31.1. The predicted molar refractivity (Wildman–Crippen MR) is 23.4 cm³/mol. The molecule has 0 N–H and O–H groups in total. The van der Waals surface area contributed by atoms with Gasteiger partial charge in [-0.2, -0.15) is 0 Å². The van der Waals surface area contributed by atoms with Crippen molar-refractivity contribution in [3.63, 3.8) is 0 Å². The molecule has 3 heteroatoms. The van der Waals surface area contributed by atoms with Crippen molar-refractivity contribution < 1.29 is 9.05 Å². The van der Waals surface area contributed by atoms with Gasteiger partial charge < -0.3 is 9.05 Å². The third-order valence-corrected chi connectivity index (χ3v) is 1.29. The largest absolute Gasteiger partial charge is 0.325 e. The van der Waals surface area contributed by atoms with E-state index in [0.717, 1.165) is 6.61 Å². The molecule has 1 unspecified atom stereocenters. The van der Waals surface area contributed by atoms with Gasteiger partial charge in [0.15, 0.2) is 0 Å². The van der Waals surface area contributed by atoms with Crippen LogP contribution in [0.1, 0.15) is 6.92 Å². The summed E-state index contributed by atoms with van der Waals surface area (Å²) in [5.74, 6) is 0. The molecule has 0 aromatic rings. The second kappa shape index (κ2) is 1.87. The van der Waals surface area contributed by atoms with Gasteiger partial charge in [0.2, 0.25) is 0 Å². The van der Waals surface area contributed by atoms with Gasteiger partial charge in [-0.25, -0.2) is 0 Å². The molecule has 6 heavy (non-hydrogen) atoms. The maximum Gasteiger partial charge on any atom is 0.256 e. The first-order chi connectivity index (χ1) is 2.89. The first-order valence-corrected chi connectivity index (χ1v) is 2.61. The van der Waals surface area contributed by atoms with Crippen molar-refractivity contribution in [2.24, 2.45) is 0 Å². The van der Waals surface area contributed by atoms with Crippen LogP contribution in [0.15, 0.2) is 0 Å². The van der Waals surface area contributed by atoms with Crippen LogP contribution in [0.4, 0.5) is 0 Å². The van der Waals surface area contributed by atoms with Crippen molar-refractivity contribution >= 4 is 9.03 Å². The Balaban J connectivity index is 2.18. The Morgan fingerprint density at radius 1 is 1.83 bits per heavy atom. The molecule has 1 atom stereocenters. The molecule has 1 saturated heterocycles. The fourth-order valence-electron chi connectivity index (χ4n) is 0.270. The minimum absolute atomic E-state index is 0.312. The Hall–Kier alpha value is 0.350. The minimum atomic E-state index is 0.312. The van der Waals surface area contributed by atoms with Gasteiger partial charge in [-0.15, -0.1) is 0 Å². The van der Waals surface area contributed by atoms with Gasteiger partial charge in [0.1, 0.15) is 0 Å². The van der Waals surface area contributed by atoms with Crippen LogP contribution in [0.2, 0.25) is 0 Å². The van der Waals surface area contributed by atoms with Gasteiger partial charge >= 0.3 is 0 Å². The van der Waals surface area contributed by atoms with Crippen molar-refractivity contribution in [3.05, 3.63) is 0 Å². The first kappa shape index (κ1) is 4.51. The SMILES string of the molecule is CC1CO[P]O1. The van der Waals surface area contributed by atoms with E-state index in [0.29, 0.717) is 15.1 Å². The summed E-state index contributed by atoms with van der Waals surface area (Å²) in [6, 6.07) is 0. The molecule has 1 heterocycles. The van der Waals surface area contributed by atoms with Crippen molar-refractivity contribution in [2.75, 3.05) is 6.61 Å². The predicted octanol–water partition coefficient (Wildman–Crippen LogP) is 1.20. The lowest BCUT2D eigenvalue weighted by Crippen LogP contribution is -1.99. The fourth-order valence-corrected chi connectivity index (χ4v) is 0.809. The molecule has 35 valence electrons. The molecule has 0 aromatic carbocycles. The number of hydrogen-bond acceptors (Lipinski definition) is 2. The van der Waals surface area contributed by atoms with Crippen LogP contribution >= 0.6 is 9.03 Å². The van der Waals surface area contributed by atoms with Crippen molar-refractivity contribution in [1.29, 1.82) is 0 Å². The Morgan fingerprint density at radius 2 is 2.67 bits per heavy atom. The third kappa shape index (κ3) is 0.904.